The molecule has 0 saturated heterocycles. The van der Waals surface area contributed by atoms with Crippen LogP contribution in [0.1, 0.15) is 0 Å². The van der Waals surface area contributed by atoms with E-state index in [2.05, 4.69) is 0 Å². The molecule has 0 aliphatic carbocycles. The Morgan fingerprint density at radius 3 is 0.562 bits per heavy atom. The monoisotopic (exact) mass is 496 g/mol. The number of rotatable bonds is 0. The minimum Gasteiger partial charge on any atom is -0.873 e. The second-order valence-electron chi connectivity index (χ2n) is 4.59. The zero-order valence-electron chi connectivity index (χ0n) is 16.9. The Hall–Kier alpha value is -0.858. The minimum atomic E-state index is -3.63. The molecule has 0 heterocycles. The first kappa shape index (κ1) is 41.4. The number of para-hydroxylation sites is 6. The molecule has 0 aliphatic rings. The topological polar surface area (TPSA) is 202 Å². The van der Waals surface area contributed by atoms with Gasteiger partial charge in [-0.1, -0.05) is 72.8 Å². The van der Waals surface area contributed by atoms with Gasteiger partial charge in [0, 0.05) is 9.17 Å². The molecule has 150 valence electrons. The van der Waals surface area contributed by atoms with Gasteiger partial charge in [-0.25, -0.2) is 0 Å². The first-order valence-corrected chi connectivity index (χ1v) is 8.54. The molecule has 3 aromatic rings. The Balaban J connectivity index is -0.0000000996. The third-order valence-electron chi connectivity index (χ3n) is 2.55. The van der Waals surface area contributed by atoms with Crippen LogP contribution in [0.15, 0.2) is 72.8 Å². The van der Waals surface area contributed by atoms with Gasteiger partial charge in [0.2, 0.25) is 0 Å². The maximum atomic E-state index is 10.3. The van der Waals surface area contributed by atoms with E-state index < -0.39 is 43.7 Å². The summed E-state index contributed by atoms with van der Waals surface area (Å²) in [7, 11) is -3.63. The molecular formula is C18H12Mg4O9Si. The summed E-state index contributed by atoms with van der Waals surface area (Å²) in [4.78, 5) is 17.0. The van der Waals surface area contributed by atoms with Gasteiger partial charge in [-0.2, -0.15) is 0 Å². The van der Waals surface area contributed by atoms with Crippen molar-refractivity contribution in [3.05, 3.63) is 72.8 Å². The maximum Gasteiger partial charge on any atom is 2.00 e. The predicted molar refractivity (Wildman–Crippen MR) is 105 cm³/mol. The summed E-state index contributed by atoms with van der Waals surface area (Å²) < 4.78 is 8.52. The van der Waals surface area contributed by atoms with Crippen molar-refractivity contribution < 1.29 is 44.7 Å². The van der Waals surface area contributed by atoms with Crippen LogP contribution in [-0.4, -0.2) is 101 Å². The van der Waals surface area contributed by atoms with E-state index in [-0.39, 0.29) is 92.2 Å². The number of hydrogen-bond donors (Lipinski definition) is 0. The van der Waals surface area contributed by atoms with Gasteiger partial charge in [0.15, 0.2) is 0 Å². The summed E-state index contributed by atoms with van der Waals surface area (Å²) in [5.41, 5.74) is 0. The Labute approximate surface area is 250 Å². The molecule has 0 aromatic heterocycles. The van der Waals surface area contributed by atoms with Crippen LogP contribution < -0.4 is 40.2 Å². The smallest absolute Gasteiger partial charge is 0.873 e. The molecule has 0 bridgehead atoms. The van der Waals surface area contributed by atoms with Crippen LogP contribution in [0.25, 0.3) is 0 Å². The molecule has 0 spiro atoms. The van der Waals surface area contributed by atoms with E-state index >= 15 is 0 Å². The molecule has 0 atom stereocenters. The van der Waals surface area contributed by atoms with Crippen LogP contribution in [0, 0.1) is 0 Å². The molecule has 0 amide bonds. The third kappa shape index (κ3) is 22.3. The second kappa shape index (κ2) is 24.8. The van der Waals surface area contributed by atoms with Crippen LogP contribution in [-0.2, 0) is 4.46 Å². The fourth-order valence-electron chi connectivity index (χ4n) is 1.35. The normalized spacial score (nSPS) is 7.50. The molecule has 0 unspecified atom stereocenters. The van der Waals surface area contributed by atoms with E-state index in [0.717, 1.165) is 0 Å². The van der Waals surface area contributed by atoms with Gasteiger partial charge in [0.05, 0.1) is 0 Å². The van der Waals surface area contributed by atoms with E-state index in [0.29, 0.717) is 0 Å². The van der Waals surface area contributed by atoms with E-state index in [1.165, 1.54) is 36.4 Å². The molecule has 3 aromatic carbocycles. The van der Waals surface area contributed by atoms with Crippen LogP contribution in [0.4, 0.5) is 0 Å². The molecule has 32 heavy (non-hydrogen) atoms. The van der Waals surface area contributed by atoms with Crippen molar-refractivity contribution in [3.8, 4) is 34.5 Å². The molecular weight excluding hydrogens is 485 g/mol. The molecule has 9 nitrogen and oxygen atoms in total. The van der Waals surface area contributed by atoms with E-state index in [9.17, 15) is 30.6 Å². The fraction of sp³-hybridized carbons (Fsp3) is 0. The fourth-order valence-corrected chi connectivity index (χ4v) is 1.35. The minimum absolute atomic E-state index is 0. The van der Waals surface area contributed by atoms with Gasteiger partial charge >= 0.3 is 92.2 Å². The molecule has 0 saturated carbocycles. The van der Waals surface area contributed by atoms with E-state index in [1.54, 1.807) is 36.4 Å². The quantitative estimate of drug-likeness (QED) is 0.273. The zero-order chi connectivity index (χ0) is 21.5. The van der Waals surface area contributed by atoms with Gasteiger partial charge in [-0.3, -0.25) is 0 Å². The van der Waals surface area contributed by atoms with Crippen molar-refractivity contribution in [1.82, 2.24) is 0 Å². The average Bonchev–Trinajstić information content (AvgIpc) is 2.63. The van der Waals surface area contributed by atoms with Crippen LogP contribution >= 0.6 is 0 Å². The van der Waals surface area contributed by atoms with Crippen molar-refractivity contribution >= 4 is 101 Å². The standard InChI is InChI=1S/3C6H6O2.4Mg.O3Si/c3*7-5-3-1-2-4-6(5)8;;;;;1-4(2)3/h3*1-4,7-8H;;;;;/q;;;4*+2;-2/p-6. The van der Waals surface area contributed by atoms with E-state index in [1.807, 2.05) is 0 Å². The summed E-state index contributed by atoms with van der Waals surface area (Å²) in [6.07, 6.45) is 0. The average molecular weight is 498 g/mol. The number of benzene rings is 3. The summed E-state index contributed by atoms with van der Waals surface area (Å²) in [6.45, 7) is 0. The first-order valence-electron chi connectivity index (χ1n) is 7.32. The van der Waals surface area contributed by atoms with Gasteiger partial charge in [-0.05, 0) is 0 Å². The van der Waals surface area contributed by atoms with Gasteiger partial charge in [-0.15, -0.1) is 34.5 Å². The SMILES string of the molecule is O=[Si]([O-])[O-].[Mg+2].[Mg+2].[Mg+2].[Mg+2].[O-]c1ccccc1[O-].[O-]c1ccccc1[O-].[O-]c1ccccc1[O-]. The van der Waals surface area contributed by atoms with Crippen molar-refractivity contribution in [2.45, 2.75) is 0 Å². The molecule has 0 N–H and O–H groups in total. The summed E-state index contributed by atoms with van der Waals surface area (Å²) in [5, 5.41) is 61.8. The van der Waals surface area contributed by atoms with Crippen molar-refractivity contribution in [3.63, 3.8) is 0 Å². The molecule has 0 radical (unpaired) electrons. The Bertz CT molecular complexity index is 703. The Morgan fingerprint density at radius 2 is 0.500 bits per heavy atom. The number of hydrogen-bond acceptors (Lipinski definition) is 9. The largest absolute Gasteiger partial charge is 2.00 e. The summed E-state index contributed by atoms with van der Waals surface area (Å²) in [5.74, 6) is -2.62. The summed E-state index contributed by atoms with van der Waals surface area (Å²) >= 11 is 0. The maximum absolute atomic E-state index is 10.3. The van der Waals surface area contributed by atoms with Crippen molar-refractivity contribution in [1.29, 1.82) is 0 Å². The van der Waals surface area contributed by atoms with Crippen molar-refractivity contribution in [2.75, 3.05) is 0 Å². The van der Waals surface area contributed by atoms with Crippen molar-refractivity contribution in [2.24, 2.45) is 0 Å². The van der Waals surface area contributed by atoms with Gasteiger partial charge in [0.1, 0.15) is 0 Å². The Kier molecular flexibility index (Phi) is 32.1. The van der Waals surface area contributed by atoms with E-state index in [4.69, 9.17) is 14.1 Å². The second-order valence-corrected chi connectivity index (χ2v) is 5.09. The zero-order valence-corrected chi connectivity index (χ0v) is 23.6. The Morgan fingerprint density at radius 1 is 0.406 bits per heavy atom. The van der Waals surface area contributed by atoms with Crippen LogP contribution in [0.5, 0.6) is 34.5 Å². The van der Waals surface area contributed by atoms with Gasteiger partial charge in [0.25, 0.3) is 0 Å². The molecule has 0 aliphatic heterocycles. The molecule has 3 rings (SSSR count). The predicted octanol–water partition coefficient (Wildman–Crippen LogP) is -4.90. The third-order valence-corrected chi connectivity index (χ3v) is 2.55. The first-order chi connectivity index (χ1) is 13.1. The van der Waals surface area contributed by atoms with Crippen LogP contribution in [0.3, 0.4) is 0 Å². The van der Waals surface area contributed by atoms with Crippen LogP contribution in [0.2, 0.25) is 0 Å². The summed E-state index contributed by atoms with van der Waals surface area (Å²) in [6, 6.07) is 16.8. The molecule has 14 heteroatoms. The molecule has 0 fully saturated rings. The van der Waals surface area contributed by atoms with Gasteiger partial charge < -0.3 is 44.7 Å².